The van der Waals surface area contributed by atoms with Crippen LogP contribution in [-0.4, -0.2) is 68.8 Å². The number of hydrogen-bond acceptors (Lipinski definition) is 7. The van der Waals surface area contributed by atoms with Gasteiger partial charge in [-0.15, -0.1) is 0 Å². The third-order valence-corrected chi connectivity index (χ3v) is 6.85. The van der Waals surface area contributed by atoms with Crippen LogP contribution in [0.5, 0.6) is 11.5 Å². The zero-order valence-corrected chi connectivity index (χ0v) is 21.0. The van der Waals surface area contributed by atoms with Gasteiger partial charge in [0, 0.05) is 26.2 Å². The number of ether oxygens (including phenoxy) is 3. The highest BCUT2D eigenvalue weighted by molar-refractivity contribution is 5.99. The van der Waals surface area contributed by atoms with Crippen LogP contribution in [0, 0.1) is 6.92 Å². The number of fused-ring (bicyclic) bond motifs is 2. The van der Waals surface area contributed by atoms with Crippen molar-refractivity contribution in [3.63, 3.8) is 0 Å². The molecule has 0 radical (unpaired) electrons. The minimum absolute atomic E-state index is 0.119. The molecule has 1 unspecified atom stereocenters. The molecule has 0 spiro atoms. The standard InChI is InChI=1S/C28H32N2O6/c1-4-13-35-22-8-6-19(17-23(22)33-3)25-24-26(31)20-16-18(2)5-7-21(20)36-27(24)28(32)30(25)10-9-29-11-14-34-15-12-29/h5-8,16-17,25H,4,9-15H2,1-3H3. The summed E-state index contributed by atoms with van der Waals surface area (Å²) in [4.78, 5) is 31.5. The highest BCUT2D eigenvalue weighted by Gasteiger charge is 2.43. The van der Waals surface area contributed by atoms with Gasteiger partial charge in [-0.2, -0.15) is 0 Å². The lowest BCUT2D eigenvalue weighted by atomic mass is 9.97. The molecule has 1 saturated heterocycles. The summed E-state index contributed by atoms with van der Waals surface area (Å²) in [7, 11) is 1.59. The van der Waals surface area contributed by atoms with E-state index in [2.05, 4.69) is 4.90 Å². The molecule has 1 fully saturated rings. The van der Waals surface area contributed by atoms with Gasteiger partial charge < -0.3 is 23.5 Å². The Hall–Kier alpha value is -3.36. The number of carbonyl (C=O) groups is 1. The van der Waals surface area contributed by atoms with Crippen molar-refractivity contribution in [2.45, 2.75) is 26.3 Å². The monoisotopic (exact) mass is 492 g/mol. The quantitative estimate of drug-likeness (QED) is 0.473. The fraction of sp³-hybridized carbons (Fsp3) is 0.429. The Morgan fingerprint density at radius 2 is 1.83 bits per heavy atom. The molecular formula is C28H32N2O6. The van der Waals surface area contributed by atoms with E-state index in [4.69, 9.17) is 18.6 Å². The first-order valence-electron chi connectivity index (χ1n) is 12.5. The van der Waals surface area contributed by atoms with Crippen LogP contribution in [0.2, 0.25) is 0 Å². The van der Waals surface area contributed by atoms with Crippen LogP contribution in [0.1, 0.15) is 46.6 Å². The number of hydrogen-bond donors (Lipinski definition) is 0. The lowest BCUT2D eigenvalue weighted by molar-refractivity contribution is 0.0314. The van der Waals surface area contributed by atoms with E-state index in [0.717, 1.165) is 30.6 Å². The molecule has 3 aromatic rings. The summed E-state index contributed by atoms with van der Waals surface area (Å²) >= 11 is 0. The molecule has 0 N–H and O–H groups in total. The molecule has 3 heterocycles. The summed E-state index contributed by atoms with van der Waals surface area (Å²) in [5.74, 6) is 1.05. The van der Waals surface area contributed by atoms with Crippen LogP contribution < -0.4 is 14.9 Å². The minimum atomic E-state index is -0.580. The third kappa shape index (κ3) is 4.47. The van der Waals surface area contributed by atoms with Gasteiger partial charge in [0.25, 0.3) is 5.91 Å². The summed E-state index contributed by atoms with van der Waals surface area (Å²) in [6, 6.07) is 10.5. The second-order valence-corrected chi connectivity index (χ2v) is 9.29. The Morgan fingerprint density at radius 3 is 2.58 bits per heavy atom. The van der Waals surface area contributed by atoms with E-state index in [1.807, 2.05) is 44.2 Å². The number of carbonyl (C=O) groups excluding carboxylic acids is 1. The second-order valence-electron chi connectivity index (χ2n) is 9.29. The van der Waals surface area contributed by atoms with Crippen molar-refractivity contribution in [1.29, 1.82) is 0 Å². The predicted molar refractivity (Wildman–Crippen MR) is 136 cm³/mol. The summed E-state index contributed by atoms with van der Waals surface area (Å²) in [5, 5.41) is 0.483. The van der Waals surface area contributed by atoms with Crippen LogP contribution in [0.15, 0.2) is 45.6 Å². The fourth-order valence-electron chi connectivity index (χ4n) is 4.97. The van der Waals surface area contributed by atoms with E-state index >= 15 is 0 Å². The molecule has 0 saturated carbocycles. The van der Waals surface area contributed by atoms with Crippen LogP contribution in [-0.2, 0) is 4.74 Å². The second kappa shape index (κ2) is 10.3. The number of aryl methyl sites for hydroxylation is 1. The van der Waals surface area contributed by atoms with Gasteiger partial charge >= 0.3 is 0 Å². The van der Waals surface area contributed by atoms with E-state index in [9.17, 15) is 9.59 Å². The lowest BCUT2D eigenvalue weighted by Crippen LogP contribution is -2.42. The number of nitrogens with zero attached hydrogens (tertiary/aromatic N) is 2. The van der Waals surface area contributed by atoms with Gasteiger partial charge in [0.05, 0.1) is 43.9 Å². The molecule has 5 rings (SSSR count). The number of benzene rings is 2. The summed E-state index contributed by atoms with van der Waals surface area (Å²) < 4.78 is 23.0. The van der Waals surface area contributed by atoms with Crippen LogP contribution >= 0.6 is 0 Å². The smallest absolute Gasteiger partial charge is 0.290 e. The Kier molecular flexibility index (Phi) is 6.98. The topological polar surface area (TPSA) is 81.5 Å². The van der Waals surface area contributed by atoms with E-state index in [1.54, 1.807) is 18.1 Å². The molecular weight excluding hydrogens is 460 g/mol. The zero-order chi connectivity index (χ0) is 25.2. The third-order valence-electron chi connectivity index (χ3n) is 6.85. The maximum Gasteiger partial charge on any atom is 0.290 e. The first-order chi connectivity index (χ1) is 17.5. The van der Waals surface area contributed by atoms with Gasteiger partial charge in [0.15, 0.2) is 16.9 Å². The average Bonchev–Trinajstić information content (AvgIpc) is 3.18. The fourth-order valence-corrected chi connectivity index (χ4v) is 4.97. The molecule has 36 heavy (non-hydrogen) atoms. The molecule has 2 aliphatic rings. The molecule has 1 amide bonds. The van der Waals surface area contributed by atoms with Crippen LogP contribution in [0.3, 0.4) is 0 Å². The number of amides is 1. The van der Waals surface area contributed by atoms with Crippen molar-refractivity contribution in [2.24, 2.45) is 0 Å². The maximum atomic E-state index is 13.8. The van der Waals surface area contributed by atoms with E-state index in [0.29, 0.717) is 60.9 Å². The van der Waals surface area contributed by atoms with Crippen molar-refractivity contribution < 1.29 is 23.4 Å². The summed E-state index contributed by atoms with van der Waals surface area (Å²) in [6.45, 7) is 8.68. The van der Waals surface area contributed by atoms with Gasteiger partial charge in [-0.05, 0) is 43.2 Å². The first kappa shape index (κ1) is 24.3. The molecule has 0 bridgehead atoms. The van der Waals surface area contributed by atoms with Gasteiger partial charge in [-0.1, -0.05) is 24.6 Å². The molecule has 190 valence electrons. The first-order valence-corrected chi connectivity index (χ1v) is 12.5. The number of rotatable bonds is 8. The summed E-state index contributed by atoms with van der Waals surface area (Å²) in [5.41, 5.74) is 2.37. The van der Waals surface area contributed by atoms with Crippen molar-refractivity contribution >= 4 is 16.9 Å². The van der Waals surface area contributed by atoms with Gasteiger partial charge in [0.2, 0.25) is 5.76 Å². The Morgan fingerprint density at radius 1 is 1.03 bits per heavy atom. The van der Waals surface area contributed by atoms with Crippen LogP contribution in [0.25, 0.3) is 11.0 Å². The van der Waals surface area contributed by atoms with E-state index in [1.165, 1.54) is 0 Å². The highest BCUT2D eigenvalue weighted by atomic mass is 16.5. The van der Waals surface area contributed by atoms with Gasteiger partial charge in [0.1, 0.15) is 5.58 Å². The molecule has 8 nitrogen and oxygen atoms in total. The molecule has 8 heteroatoms. The van der Waals surface area contributed by atoms with Crippen molar-refractivity contribution in [1.82, 2.24) is 9.80 Å². The SMILES string of the molecule is CCCOc1ccc(C2c3c(oc4ccc(C)cc4c3=O)C(=O)N2CCN2CCOCC2)cc1OC. The molecule has 0 aliphatic carbocycles. The highest BCUT2D eigenvalue weighted by Crippen LogP contribution is 2.41. The molecule has 2 aromatic carbocycles. The van der Waals surface area contributed by atoms with E-state index < -0.39 is 6.04 Å². The number of morpholine rings is 1. The Bertz CT molecular complexity index is 1330. The Labute approximate surface area is 210 Å². The zero-order valence-electron chi connectivity index (χ0n) is 21.0. The minimum Gasteiger partial charge on any atom is -0.493 e. The lowest BCUT2D eigenvalue weighted by Gasteiger charge is -2.31. The van der Waals surface area contributed by atoms with Crippen molar-refractivity contribution in [3.05, 3.63) is 69.1 Å². The number of methoxy groups -OCH3 is 1. The predicted octanol–water partition coefficient (Wildman–Crippen LogP) is 3.78. The molecule has 1 aromatic heterocycles. The Balaban J connectivity index is 1.60. The maximum absolute atomic E-state index is 13.8. The van der Waals surface area contributed by atoms with Gasteiger partial charge in [-0.25, -0.2) is 0 Å². The average molecular weight is 493 g/mol. The van der Waals surface area contributed by atoms with Crippen LogP contribution in [0.4, 0.5) is 0 Å². The molecule has 2 aliphatic heterocycles. The van der Waals surface area contributed by atoms with Crippen molar-refractivity contribution in [2.75, 3.05) is 53.1 Å². The summed E-state index contributed by atoms with van der Waals surface area (Å²) in [6.07, 6.45) is 0.873. The van der Waals surface area contributed by atoms with Gasteiger partial charge in [-0.3, -0.25) is 14.5 Å². The van der Waals surface area contributed by atoms with E-state index in [-0.39, 0.29) is 17.1 Å². The molecule has 1 atom stereocenters. The van der Waals surface area contributed by atoms with Crippen molar-refractivity contribution in [3.8, 4) is 11.5 Å². The largest absolute Gasteiger partial charge is 0.493 e. The normalized spacial score (nSPS) is 18.0.